The number of aliphatic hydroxyl groups is 1. The van der Waals surface area contributed by atoms with E-state index in [0.717, 1.165) is 18.8 Å². The van der Waals surface area contributed by atoms with Gasteiger partial charge < -0.3 is 16.2 Å². The molecular formula is C13H23N3O. The molecule has 0 spiro atoms. The van der Waals surface area contributed by atoms with Gasteiger partial charge in [0.15, 0.2) is 5.96 Å². The van der Waals surface area contributed by atoms with Crippen molar-refractivity contribution in [2.75, 3.05) is 13.1 Å². The van der Waals surface area contributed by atoms with Crippen molar-refractivity contribution in [1.82, 2.24) is 5.32 Å². The molecule has 17 heavy (non-hydrogen) atoms. The van der Waals surface area contributed by atoms with Crippen molar-refractivity contribution in [2.45, 2.75) is 37.7 Å². The molecule has 0 amide bonds. The van der Waals surface area contributed by atoms with Crippen LogP contribution < -0.4 is 11.1 Å². The van der Waals surface area contributed by atoms with E-state index in [1.54, 1.807) is 6.08 Å². The molecule has 0 aliphatic heterocycles. The van der Waals surface area contributed by atoms with E-state index in [-0.39, 0.29) is 0 Å². The smallest absolute Gasteiger partial charge is 0.188 e. The number of hydrogen-bond acceptors (Lipinski definition) is 2. The van der Waals surface area contributed by atoms with E-state index in [4.69, 9.17) is 5.73 Å². The van der Waals surface area contributed by atoms with Gasteiger partial charge in [-0.3, -0.25) is 4.99 Å². The van der Waals surface area contributed by atoms with Gasteiger partial charge >= 0.3 is 0 Å². The fourth-order valence-corrected chi connectivity index (χ4v) is 3.32. The Balaban J connectivity index is 1.76. The van der Waals surface area contributed by atoms with Gasteiger partial charge in [0.1, 0.15) is 0 Å². The molecule has 0 saturated heterocycles. The van der Waals surface area contributed by atoms with Crippen molar-refractivity contribution in [3.05, 3.63) is 12.7 Å². The molecule has 4 N–H and O–H groups in total. The quantitative estimate of drug-likeness (QED) is 0.380. The molecule has 2 fully saturated rings. The number of nitrogens with one attached hydrogen (secondary N) is 1. The highest BCUT2D eigenvalue weighted by Crippen LogP contribution is 2.52. The predicted octanol–water partition coefficient (Wildman–Crippen LogP) is 1.02. The highest BCUT2D eigenvalue weighted by atomic mass is 16.3. The number of nitrogens with two attached hydrogens (primary N) is 1. The third-order valence-electron chi connectivity index (χ3n) is 4.20. The van der Waals surface area contributed by atoms with Crippen LogP contribution in [0.5, 0.6) is 0 Å². The topological polar surface area (TPSA) is 70.6 Å². The van der Waals surface area contributed by atoms with Crippen molar-refractivity contribution in [1.29, 1.82) is 0 Å². The van der Waals surface area contributed by atoms with E-state index in [9.17, 15) is 5.11 Å². The lowest BCUT2D eigenvalue weighted by molar-refractivity contribution is -0.0181. The SMILES string of the molecule is C=CCNC(N)=NCCC1(O)CC2CCC1C2. The van der Waals surface area contributed by atoms with Crippen molar-refractivity contribution in [2.24, 2.45) is 22.6 Å². The minimum absolute atomic E-state index is 0.441. The van der Waals surface area contributed by atoms with Gasteiger partial charge in [-0.25, -0.2) is 0 Å². The summed E-state index contributed by atoms with van der Waals surface area (Å²) in [4.78, 5) is 4.23. The maximum absolute atomic E-state index is 10.5. The summed E-state index contributed by atoms with van der Waals surface area (Å²) in [6, 6.07) is 0. The third-order valence-corrected chi connectivity index (χ3v) is 4.20. The summed E-state index contributed by atoms with van der Waals surface area (Å²) >= 11 is 0. The van der Waals surface area contributed by atoms with Gasteiger partial charge in [0.25, 0.3) is 0 Å². The Morgan fingerprint density at radius 1 is 1.59 bits per heavy atom. The molecule has 2 aliphatic rings. The summed E-state index contributed by atoms with van der Waals surface area (Å²) in [5, 5.41) is 13.5. The van der Waals surface area contributed by atoms with Crippen LogP contribution in [0.1, 0.15) is 32.1 Å². The lowest BCUT2D eigenvalue weighted by Crippen LogP contribution is -2.37. The van der Waals surface area contributed by atoms with Crippen LogP contribution in [0.2, 0.25) is 0 Å². The Morgan fingerprint density at radius 2 is 2.41 bits per heavy atom. The Bertz CT molecular complexity index is 316. The fourth-order valence-electron chi connectivity index (χ4n) is 3.32. The summed E-state index contributed by atoms with van der Waals surface area (Å²) in [5.41, 5.74) is 5.21. The highest BCUT2D eigenvalue weighted by Gasteiger charge is 2.49. The first-order valence-electron chi connectivity index (χ1n) is 6.51. The fraction of sp³-hybridized carbons (Fsp3) is 0.769. The lowest BCUT2D eigenvalue weighted by atomic mass is 9.82. The molecule has 0 aromatic rings. The molecule has 3 unspecified atom stereocenters. The molecule has 96 valence electrons. The first kappa shape index (κ1) is 12.4. The Labute approximate surface area is 103 Å². The van der Waals surface area contributed by atoms with Crippen molar-refractivity contribution in [3.8, 4) is 0 Å². The van der Waals surface area contributed by atoms with E-state index in [2.05, 4.69) is 16.9 Å². The van der Waals surface area contributed by atoms with Gasteiger partial charge in [0, 0.05) is 13.1 Å². The number of hydrogen-bond donors (Lipinski definition) is 3. The second-order valence-corrected chi connectivity index (χ2v) is 5.37. The zero-order valence-electron chi connectivity index (χ0n) is 10.4. The van der Waals surface area contributed by atoms with Crippen molar-refractivity contribution < 1.29 is 5.11 Å². The van der Waals surface area contributed by atoms with E-state index < -0.39 is 5.60 Å². The minimum Gasteiger partial charge on any atom is -0.390 e. The van der Waals surface area contributed by atoms with E-state index >= 15 is 0 Å². The first-order valence-corrected chi connectivity index (χ1v) is 6.51. The second kappa shape index (κ2) is 5.08. The number of guanidine groups is 1. The Hall–Kier alpha value is -1.03. The van der Waals surface area contributed by atoms with Gasteiger partial charge in [0.05, 0.1) is 5.60 Å². The average molecular weight is 237 g/mol. The van der Waals surface area contributed by atoms with E-state index in [1.165, 1.54) is 19.3 Å². The third kappa shape index (κ3) is 2.80. The van der Waals surface area contributed by atoms with Gasteiger partial charge in [-0.05, 0) is 43.9 Å². The monoisotopic (exact) mass is 237 g/mol. The minimum atomic E-state index is -0.467. The predicted molar refractivity (Wildman–Crippen MR) is 69.7 cm³/mol. The molecule has 4 nitrogen and oxygen atoms in total. The first-order chi connectivity index (χ1) is 8.14. The van der Waals surface area contributed by atoms with Crippen LogP contribution in [0.3, 0.4) is 0 Å². The van der Waals surface area contributed by atoms with Crippen LogP contribution in [0.4, 0.5) is 0 Å². The molecule has 2 rings (SSSR count). The van der Waals surface area contributed by atoms with Gasteiger partial charge in [-0.2, -0.15) is 0 Å². The van der Waals surface area contributed by atoms with Crippen LogP contribution in [0.15, 0.2) is 17.6 Å². The van der Waals surface area contributed by atoms with Crippen LogP contribution in [0, 0.1) is 11.8 Å². The molecule has 0 radical (unpaired) electrons. The standard InChI is InChI=1S/C13H23N3O/c1-2-6-15-12(14)16-7-5-13(17)9-10-3-4-11(13)8-10/h2,10-11,17H,1,3-9H2,(H3,14,15,16). The summed E-state index contributed by atoms with van der Waals surface area (Å²) in [5.74, 6) is 1.70. The molecule has 2 aliphatic carbocycles. The zero-order valence-corrected chi connectivity index (χ0v) is 10.4. The van der Waals surface area contributed by atoms with Gasteiger partial charge in [-0.1, -0.05) is 6.08 Å². The van der Waals surface area contributed by atoms with Crippen LogP contribution in [-0.2, 0) is 0 Å². The number of rotatable bonds is 5. The number of nitrogens with zero attached hydrogens (tertiary/aromatic N) is 1. The average Bonchev–Trinajstić information content (AvgIpc) is 2.86. The maximum Gasteiger partial charge on any atom is 0.188 e. The molecule has 0 aromatic carbocycles. The molecule has 0 aromatic heterocycles. The Morgan fingerprint density at radius 3 is 3.00 bits per heavy atom. The molecular weight excluding hydrogens is 214 g/mol. The summed E-state index contributed by atoms with van der Waals surface area (Å²) in [6.07, 6.45) is 7.16. The van der Waals surface area contributed by atoms with Crippen molar-refractivity contribution in [3.63, 3.8) is 0 Å². The van der Waals surface area contributed by atoms with Crippen molar-refractivity contribution >= 4 is 5.96 Å². The molecule has 2 bridgehead atoms. The summed E-state index contributed by atoms with van der Waals surface area (Å²) in [6.45, 7) is 4.84. The normalized spacial score (nSPS) is 36.2. The summed E-state index contributed by atoms with van der Waals surface area (Å²) < 4.78 is 0. The molecule has 3 atom stereocenters. The zero-order chi connectivity index (χ0) is 12.3. The maximum atomic E-state index is 10.5. The summed E-state index contributed by atoms with van der Waals surface area (Å²) in [7, 11) is 0. The molecule has 0 heterocycles. The number of fused-ring (bicyclic) bond motifs is 2. The van der Waals surface area contributed by atoms with E-state index in [0.29, 0.717) is 25.0 Å². The van der Waals surface area contributed by atoms with Crippen LogP contribution >= 0.6 is 0 Å². The number of aliphatic imine (C=N–C) groups is 1. The van der Waals surface area contributed by atoms with E-state index in [1.807, 2.05) is 0 Å². The second-order valence-electron chi connectivity index (χ2n) is 5.37. The van der Waals surface area contributed by atoms with Crippen LogP contribution in [-0.4, -0.2) is 29.8 Å². The Kier molecular flexibility index (Phi) is 3.72. The lowest BCUT2D eigenvalue weighted by Gasteiger charge is -2.31. The molecule has 2 saturated carbocycles. The largest absolute Gasteiger partial charge is 0.390 e. The van der Waals surface area contributed by atoms with Gasteiger partial charge in [0.2, 0.25) is 0 Å². The molecule has 4 heteroatoms. The van der Waals surface area contributed by atoms with Gasteiger partial charge in [-0.15, -0.1) is 6.58 Å². The van der Waals surface area contributed by atoms with Crippen LogP contribution in [0.25, 0.3) is 0 Å². The highest BCUT2D eigenvalue weighted by molar-refractivity contribution is 5.77.